The third-order valence-electron chi connectivity index (χ3n) is 4.05. The third-order valence-corrected chi connectivity index (χ3v) is 4.05. The van der Waals surface area contributed by atoms with E-state index in [1.807, 2.05) is 25.1 Å². The highest BCUT2D eigenvalue weighted by molar-refractivity contribution is 5.85. The lowest BCUT2D eigenvalue weighted by atomic mass is 9.98. The molecule has 2 amide bonds. The van der Waals surface area contributed by atoms with E-state index in [1.54, 1.807) is 0 Å². The van der Waals surface area contributed by atoms with Gasteiger partial charge < -0.3 is 9.47 Å². The molecule has 2 aromatic rings. The van der Waals surface area contributed by atoms with Crippen LogP contribution in [0.2, 0.25) is 0 Å². The maximum atomic E-state index is 12.9. The summed E-state index contributed by atoms with van der Waals surface area (Å²) in [4.78, 5) is 23.8. The molecule has 0 radical (unpaired) electrons. The number of hydrogen-bond donors (Lipinski definition) is 2. The largest absolute Gasteiger partial charge is 0.484 e. The second-order valence-corrected chi connectivity index (χ2v) is 6.71. The summed E-state index contributed by atoms with van der Waals surface area (Å²) >= 11 is 0. The lowest BCUT2D eigenvalue weighted by Crippen LogP contribution is -2.48. The number of halogens is 1. The summed E-state index contributed by atoms with van der Waals surface area (Å²) in [6, 6.07) is 11.0. The van der Waals surface area contributed by atoms with Crippen molar-refractivity contribution >= 4 is 11.8 Å². The quantitative estimate of drug-likeness (QED) is 0.714. The van der Waals surface area contributed by atoms with Crippen molar-refractivity contribution in [3.63, 3.8) is 0 Å². The molecule has 0 fully saturated rings. The lowest BCUT2D eigenvalue weighted by Gasteiger charge is -2.15. The van der Waals surface area contributed by atoms with Crippen molar-refractivity contribution in [1.29, 1.82) is 0 Å². The topological polar surface area (TPSA) is 76.7 Å². The molecular formula is C21H25FN2O4. The molecular weight excluding hydrogens is 363 g/mol. The fraction of sp³-hybridized carbons (Fsp3) is 0.333. The highest BCUT2D eigenvalue weighted by Gasteiger charge is 2.15. The van der Waals surface area contributed by atoms with Gasteiger partial charge in [-0.2, -0.15) is 0 Å². The molecule has 0 aliphatic rings. The second-order valence-electron chi connectivity index (χ2n) is 6.71. The van der Waals surface area contributed by atoms with E-state index < -0.39 is 23.7 Å². The summed E-state index contributed by atoms with van der Waals surface area (Å²) in [6.07, 6.45) is -0.877. The van der Waals surface area contributed by atoms with Gasteiger partial charge in [0, 0.05) is 0 Å². The van der Waals surface area contributed by atoms with E-state index in [4.69, 9.17) is 9.47 Å². The maximum Gasteiger partial charge on any atom is 0.279 e. The number of carbonyl (C=O) groups is 2. The van der Waals surface area contributed by atoms with Crippen molar-refractivity contribution in [3.05, 3.63) is 59.4 Å². The van der Waals surface area contributed by atoms with Crippen LogP contribution < -0.4 is 20.3 Å². The molecule has 1 unspecified atom stereocenters. The molecule has 0 bridgehead atoms. The average molecular weight is 388 g/mol. The van der Waals surface area contributed by atoms with E-state index in [2.05, 4.69) is 24.7 Å². The minimum Gasteiger partial charge on any atom is -0.484 e. The molecule has 2 aromatic carbocycles. The first-order valence-electron chi connectivity index (χ1n) is 9.00. The fourth-order valence-electron chi connectivity index (χ4n) is 2.57. The minimum atomic E-state index is -0.877. The number of ether oxygens (including phenoxy) is 2. The zero-order chi connectivity index (χ0) is 20.7. The summed E-state index contributed by atoms with van der Waals surface area (Å²) < 4.78 is 23.7. The number of rotatable bonds is 7. The van der Waals surface area contributed by atoms with E-state index >= 15 is 0 Å². The van der Waals surface area contributed by atoms with Gasteiger partial charge in [0.05, 0.1) is 0 Å². The van der Waals surface area contributed by atoms with Crippen molar-refractivity contribution in [2.24, 2.45) is 0 Å². The molecule has 0 spiro atoms. The van der Waals surface area contributed by atoms with Crippen LogP contribution >= 0.6 is 0 Å². The monoisotopic (exact) mass is 388 g/mol. The van der Waals surface area contributed by atoms with Crippen LogP contribution in [0.1, 0.15) is 37.8 Å². The predicted octanol–water partition coefficient (Wildman–Crippen LogP) is 3.25. The van der Waals surface area contributed by atoms with E-state index in [9.17, 15) is 14.0 Å². The number of amides is 2. The summed E-state index contributed by atoms with van der Waals surface area (Å²) in [5.74, 6) is -0.115. The van der Waals surface area contributed by atoms with E-state index in [-0.39, 0.29) is 6.61 Å². The SMILES string of the molecule is Cc1cc(OCC(=O)NNC(=O)C(C)Oc2ccc(F)cc2)ccc1C(C)C. The fourth-order valence-corrected chi connectivity index (χ4v) is 2.57. The minimum absolute atomic E-state index is 0.242. The maximum absolute atomic E-state index is 12.9. The molecule has 0 aliphatic carbocycles. The first-order chi connectivity index (χ1) is 13.3. The van der Waals surface area contributed by atoms with Crippen LogP contribution in [0.5, 0.6) is 11.5 Å². The van der Waals surface area contributed by atoms with Crippen LogP contribution in [0, 0.1) is 12.7 Å². The van der Waals surface area contributed by atoms with E-state index in [1.165, 1.54) is 36.8 Å². The molecule has 0 aliphatic heterocycles. The van der Waals surface area contributed by atoms with Crippen LogP contribution in [0.25, 0.3) is 0 Å². The van der Waals surface area contributed by atoms with Gasteiger partial charge in [0.2, 0.25) is 0 Å². The Morgan fingerprint density at radius 1 is 1.00 bits per heavy atom. The van der Waals surface area contributed by atoms with Crippen molar-refractivity contribution in [1.82, 2.24) is 10.9 Å². The Morgan fingerprint density at radius 3 is 2.25 bits per heavy atom. The summed E-state index contributed by atoms with van der Waals surface area (Å²) in [5.41, 5.74) is 6.85. The first-order valence-corrected chi connectivity index (χ1v) is 9.00. The summed E-state index contributed by atoms with van der Waals surface area (Å²) in [7, 11) is 0. The normalized spacial score (nSPS) is 11.6. The van der Waals surface area contributed by atoms with Gasteiger partial charge in [-0.25, -0.2) is 4.39 Å². The molecule has 7 heteroatoms. The Labute approximate surface area is 164 Å². The zero-order valence-electron chi connectivity index (χ0n) is 16.4. The number of nitrogens with one attached hydrogen (secondary N) is 2. The van der Waals surface area contributed by atoms with Crippen LogP contribution in [0.15, 0.2) is 42.5 Å². The Hall–Kier alpha value is -3.09. The van der Waals surface area contributed by atoms with Gasteiger partial charge in [-0.3, -0.25) is 20.4 Å². The van der Waals surface area contributed by atoms with Crippen LogP contribution in [-0.4, -0.2) is 24.5 Å². The van der Waals surface area contributed by atoms with Crippen LogP contribution in [0.4, 0.5) is 4.39 Å². The van der Waals surface area contributed by atoms with E-state index in [0.29, 0.717) is 17.4 Å². The molecule has 0 saturated carbocycles. The van der Waals surface area contributed by atoms with Crippen molar-refractivity contribution < 1.29 is 23.5 Å². The molecule has 1 atom stereocenters. The smallest absolute Gasteiger partial charge is 0.279 e. The Kier molecular flexibility index (Phi) is 7.37. The van der Waals surface area contributed by atoms with Crippen molar-refractivity contribution in [2.45, 2.75) is 39.7 Å². The highest BCUT2D eigenvalue weighted by atomic mass is 19.1. The van der Waals surface area contributed by atoms with Crippen LogP contribution in [0.3, 0.4) is 0 Å². The second kappa shape index (κ2) is 9.73. The Balaban J connectivity index is 1.76. The number of benzene rings is 2. The number of carbonyl (C=O) groups excluding carboxylic acids is 2. The molecule has 0 saturated heterocycles. The van der Waals surface area contributed by atoms with Crippen LogP contribution in [-0.2, 0) is 9.59 Å². The van der Waals surface area contributed by atoms with Gasteiger partial charge in [0.15, 0.2) is 12.7 Å². The number of aryl methyl sites for hydroxylation is 1. The standard InChI is InChI=1S/C21H25FN2O4/c1-13(2)19-10-9-18(11-14(19)3)27-12-20(25)23-24-21(26)15(4)28-17-7-5-16(22)6-8-17/h5-11,13,15H,12H2,1-4H3,(H,23,25)(H,24,26). The highest BCUT2D eigenvalue weighted by Crippen LogP contribution is 2.23. The van der Waals surface area contributed by atoms with Crippen molar-refractivity contribution in [2.75, 3.05) is 6.61 Å². The van der Waals surface area contributed by atoms with Gasteiger partial charge in [-0.1, -0.05) is 19.9 Å². The first kappa shape index (κ1) is 21.2. The van der Waals surface area contributed by atoms with Gasteiger partial charge in [0.25, 0.3) is 11.8 Å². The third kappa shape index (κ3) is 6.26. The van der Waals surface area contributed by atoms with Crippen molar-refractivity contribution in [3.8, 4) is 11.5 Å². The predicted molar refractivity (Wildman–Crippen MR) is 104 cm³/mol. The molecule has 28 heavy (non-hydrogen) atoms. The lowest BCUT2D eigenvalue weighted by molar-refractivity contribution is -0.133. The van der Waals surface area contributed by atoms with E-state index in [0.717, 1.165) is 5.56 Å². The number of hydrazine groups is 1. The molecule has 2 rings (SSSR count). The zero-order valence-corrected chi connectivity index (χ0v) is 16.4. The molecule has 2 N–H and O–H groups in total. The van der Waals surface area contributed by atoms with Gasteiger partial charge in [0.1, 0.15) is 17.3 Å². The molecule has 150 valence electrons. The molecule has 0 aromatic heterocycles. The summed E-state index contributed by atoms with van der Waals surface area (Å²) in [5, 5.41) is 0. The summed E-state index contributed by atoms with van der Waals surface area (Å²) in [6.45, 7) is 7.49. The average Bonchev–Trinajstić information content (AvgIpc) is 2.65. The van der Waals surface area contributed by atoms with Gasteiger partial charge in [-0.05, 0) is 67.3 Å². The Morgan fingerprint density at radius 2 is 1.64 bits per heavy atom. The number of hydrogen-bond acceptors (Lipinski definition) is 4. The molecule has 0 heterocycles. The molecule has 6 nitrogen and oxygen atoms in total. The Bertz CT molecular complexity index is 822. The van der Waals surface area contributed by atoms with Gasteiger partial charge >= 0.3 is 0 Å². The van der Waals surface area contributed by atoms with Gasteiger partial charge in [-0.15, -0.1) is 0 Å².